The Kier molecular flexibility index (Phi) is 4.93. The Bertz CT molecular complexity index is 1120. The number of thioether (sulfide) groups is 1. The van der Waals surface area contributed by atoms with Crippen molar-refractivity contribution < 1.29 is 9.59 Å². The number of aromatic nitrogens is 2. The minimum atomic E-state index is -0.909. The van der Waals surface area contributed by atoms with Gasteiger partial charge in [0.25, 0.3) is 5.91 Å². The second kappa shape index (κ2) is 7.69. The number of anilines is 2. The highest BCUT2D eigenvalue weighted by Crippen LogP contribution is 2.43. The Hall–Kier alpha value is -3.77. The van der Waals surface area contributed by atoms with Gasteiger partial charge in [-0.3, -0.25) is 9.78 Å². The normalized spacial score (nSPS) is 14.7. The number of nitrogens with zero attached hydrogens (tertiary/aromatic N) is 4. The topological polar surface area (TPSA) is 117 Å². The zero-order valence-electron chi connectivity index (χ0n) is 15.1. The number of hydrogen-bond donors (Lipinski definition) is 2. The van der Waals surface area contributed by atoms with E-state index >= 15 is 0 Å². The molecule has 0 radical (unpaired) electrons. The van der Waals surface area contributed by atoms with Crippen LogP contribution in [0.25, 0.3) is 0 Å². The minimum absolute atomic E-state index is 0.118. The van der Waals surface area contributed by atoms with Crippen LogP contribution >= 0.6 is 11.8 Å². The molecule has 144 valence electrons. The van der Waals surface area contributed by atoms with Crippen molar-refractivity contribution in [3.05, 3.63) is 77.9 Å². The quantitative estimate of drug-likeness (QED) is 0.511. The Morgan fingerprint density at radius 1 is 1.31 bits per heavy atom. The van der Waals surface area contributed by atoms with Gasteiger partial charge in [0.1, 0.15) is 5.37 Å². The fraction of sp³-hybridized carbons (Fsp3) is 0.100. The van der Waals surface area contributed by atoms with Gasteiger partial charge >= 0.3 is 6.03 Å². The number of carbonyl (C=O) groups excluding carboxylic acids is 2. The van der Waals surface area contributed by atoms with Gasteiger partial charge in [-0.25, -0.2) is 4.79 Å². The van der Waals surface area contributed by atoms with E-state index in [1.807, 2.05) is 30.6 Å². The average Bonchev–Trinajstić information content (AvgIpc) is 3.32. The molecule has 3 amide bonds. The van der Waals surface area contributed by atoms with Crippen molar-refractivity contribution in [2.24, 2.45) is 5.73 Å². The number of amides is 3. The van der Waals surface area contributed by atoms with Crippen molar-refractivity contribution in [1.82, 2.24) is 9.55 Å². The highest BCUT2D eigenvalue weighted by Gasteiger charge is 2.27. The molecule has 2 aromatic heterocycles. The molecule has 0 bridgehead atoms. The standard InChI is InChI=1S/C20H16N6O2S/c21-12-26(20(22)28)15-5-1-3-13(9-15)18(27)24-16-6-8-25-17(16)11-29-19(25)14-4-2-7-23-10-14/h1-10,19H,11H2,(H2,22,28)(H,24,27). The molecule has 3 heterocycles. The molecule has 1 aliphatic heterocycles. The second-order valence-electron chi connectivity index (χ2n) is 6.31. The Morgan fingerprint density at radius 3 is 2.90 bits per heavy atom. The monoisotopic (exact) mass is 404 g/mol. The van der Waals surface area contributed by atoms with E-state index in [0.717, 1.165) is 27.6 Å². The molecule has 3 N–H and O–H groups in total. The van der Waals surface area contributed by atoms with E-state index in [2.05, 4.69) is 14.9 Å². The zero-order valence-corrected chi connectivity index (χ0v) is 16.0. The summed E-state index contributed by atoms with van der Waals surface area (Å²) in [5, 5.41) is 12.1. The number of pyridine rings is 1. The van der Waals surface area contributed by atoms with Crippen LogP contribution in [0.15, 0.2) is 61.1 Å². The van der Waals surface area contributed by atoms with Crippen molar-refractivity contribution in [1.29, 1.82) is 5.26 Å². The Morgan fingerprint density at radius 2 is 2.17 bits per heavy atom. The largest absolute Gasteiger partial charge is 0.350 e. The van der Waals surface area contributed by atoms with Gasteiger partial charge in [0.2, 0.25) is 0 Å². The van der Waals surface area contributed by atoms with Crippen molar-refractivity contribution >= 4 is 35.1 Å². The molecule has 3 aromatic rings. The first-order valence-electron chi connectivity index (χ1n) is 8.70. The molecule has 0 aliphatic carbocycles. The van der Waals surface area contributed by atoms with Crippen molar-refractivity contribution in [2.45, 2.75) is 11.1 Å². The first-order chi connectivity index (χ1) is 14.1. The van der Waals surface area contributed by atoms with Crippen LogP contribution in [0.2, 0.25) is 0 Å². The van der Waals surface area contributed by atoms with E-state index in [1.165, 1.54) is 12.1 Å². The number of nitrogens with two attached hydrogens (primary N) is 1. The van der Waals surface area contributed by atoms with Gasteiger partial charge in [-0.05, 0) is 30.3 Å². The maximum atomic E-state index is 12.7. The van der Waals surface area contributed by atoms with Crippen LogP contribution in [-0.2, 0) is 5.75 Å². The molecular weight excluding hydrogens is 388 g/mol. The summed E-state index contributed by atoms with van der Waals surface area (Å²) in [6.07, 6.45) is 7.23. The van der Waals surface area contributed by atoms with Crippen molar-refractivity contribution in [2.75, 3.05) is 10.2 Å². The molecule has 1 unspecified atom stereocenters. The lowest BCUT2D eigenvalue weighted by atomic mass is 10.1. The third kappa shape index (κ3) is 3.53. The summed E-state index contributed by atoms with van der Waals surface area (Å²) >= 11 is 1.76. The SMILES string of the molecule is N#CN(C(N)=O)c1cccc(C(=O)Nc2ccn3c2CSC3c2cccnc2)c1. The van der Waals surface area contributed by atoms with E-state index in [1.54, 1.807) is 36.3 Å². The van der Waals surface area contributed by atoms with E-state index in [9.17, 15) is 9.59 Å². The summed E-state index contributed by atoms with van der Waals surface area (Å²) in [6, 6.07) is 11.1. The number of hydrogen-bond acceptors (Lipinski definition) is 5. The lowest BCUT2D eigenvalue weighted by Gasteiger charge is -2.12. The Balaban J connectivity index is 1.55. The van der Waals surface area contributed by atoms with Gasteiger partial charge in [-0.2, -0.15) is 10.2 Å². The fourth-order valence-corrected chi connectivity index (χ4v) is 4.51. The van der Waals surface area contributed by atoms with Crippen LogP contribution in [0.4, 0.5) is 16.2 Å². The minimum Gasteiger partial charge on any atom is -0.350 e. The maximum absolute atomic E-state index is 12.7. The van der Waals surface area contributed by atoms with E-state index < -0.39 is 6.03 Å². The molecule has 1 aliphatic rings. The number of nitriles is 1. The van der Waals surface area contributed by atoms with Crippen LogP contribution in [0.1, 0.15) is 27.0 Å². The molecule has 0 saturated heterocycles. The van der Waals surface area contributed by atoms with E-state index in [-0.39, 0.29) is 17.0 Å². The molecule has 29 heavy (non-hydrogen) atoms. The van der Waals surface area contributed by atoms with Crippen LogP contribution in [0, 0.1) is 11.5 Å². The van der Waals surface area contributed by atoms with Gasteiger partial charge in [-0.1, -0.05) is 12.1 Å². The smallest absolute Gasteiger partial charge is 0.332 e. The van der Waals surface area contributed by atoms with Crippen LogP contribution < -0.4 is 16.0 Å². The number of urea groups is 1. The predicted octanol–water partition coefficient (Wildman–Crippen LogP) is 3.30. The maximum Gasteiger partial charge on any atom is 0.332 e. The summed E-state index contributed by atoms with van der Waals surface area (Å²) < 4.78 is 2.12. The first kappa shape index (κ1) is 18.6. The second-order valence-corrected chi connectivity index (χ2v) is 7.38. The molecule has 0 spiro atoms. The molecule has 0 fully saturated rings. The third-order valence-corrected chi connectivity index (χ3v) is 5.81. The first-order valence-corrected chi connectivity index (χ1v) is 9.75. The van der Waals surface area contributed by atoms with Gasteiger partial charge in [0.15, 0.2) is 6.19 Å². The van der Waals surface area contributed by atoms with Crippen LogP contribution in [-0.4, -0.2) is 21.5 Å². The van der Waals surface area contributed by atoms with Crippen LogP contribution in [0.3, 0.4) is 0 Å². The highest BCUT2D eigenvalue weighted by atomic mass is 32.2. The number of nitrogens with one attached hydrogen (secondary N) is 1. The summed E-state index contributed by atoms with van der Waals surface area (Å²) in [5.41, 5.74) is 8.59. The lowest BCUT2D eigenvalue weighted by Crippen LogP contribution is -2.31. The summed E-state index contributed by atoms with van der Waals surface area (Å²) in [6.45, 7) is 0. The molecular formula is C20H16N6O2S. The lowest BCUT2D eigenvalue weighted by molar-refractivity contribution is 0.102. The van der Waals surface area contributed by atoms with E-state index in [0.29, 0.717) is 5.56 Å². The average molecular weight is 404 g/mol. The van der Waals surface area contributed by atoms with E-state index in [4.69, 9.17) is 11.0 Å². The molecule has 1 atom stereocenters. The number of rotatable bonds is 4. The zero-order chi connectivity index (χ0) is 20.4. The molecule has 4 rings (SSSR count). The van der Waals surface area contributed by atoms with Gasteiger partial charge in [0, 0.05) is 35.5 Å². The third-order valence-electron chi connectivity index (χ3n) is 4.56. The number of fused-ring (bicyclic) bond motifs is 1. The molecule has 8 nitrogen and oxygen atoms in total. The van der Waals surface area contributed by atoms with Crippen LogP contribution in [0.5, 0.6) is 0 Å². The number of carbonyl (C=O) groups is 2. The van der Waals surface area contributed by atoms with Gasteiger partial charge < -0.3 is 15.6 Å². The number of benzene rings is 1. The van der Waals surface area contributed by atoms with Crippen molar-refractivity contribution in [3.63, 3.8) is 0 Å². The Labute approximate surface area is 170 Å². The number of primary amides is 1. The summed E-state index contributed by atoms with van der Waals surface area (Å²) in [7, 11) is 0. The summed E-state index contributed by atoms with van der Waals surface area (Å²) in [5.74, 6) is 0.421. The van der Waals surface area contributed by atoms with Crippen molar-refractivity contribution in [3.8, 4) is 6.19 Å². The fourth-order valence-electron chi connectivity index (χ4n) is 3.20. The molecule has 1 aromatic carbocycles. The highest BCUT2D eigenvalue weighted by molar-refractivity contribution is 7.99. The van der Waals surface area contributed by atoms with Gasteiger partial charge in [0.05, 0.1) is 17.1 Å². The predicted molar refractivity (Wildman–Crippen MR) is 110 cm³/mol. The van der Waals surface area contributed by atoms with Gasteiger partial charge in [-0.15, -0.1) is 11.8 Å². The molecule has 0 saturated carbocycles. The molecule has 9 heteroatoms. The summed E-state index contributed by atoms with van der Waals surface area (Å²) in [4.78, 5) is 29.0.